The van der Waals surface area contributed by atoms with E-state index in [1.807, 2.05) is 0 Å². The second-order valence-electron chi connectivity index (χ2n) is 8.13. The third-order valence-electron chi connectivity index (χ3n) is 5.82. The third-order valence-corrected chi connectivity index (χ3v) is 5.82. The number of carbonyl (C=O) groups is 3. The zero-order chi connectivity index (χ0) is 26.3. The number of ketones is 1. The molecule has 0 unspecified atom stereocenters. The van der Waals surface area contributed by atoms with Gasteiger partial charge in [0.2, 0.25) is 0 Å². The largest absolute Gasteiger partial charge is 0.497 e. The zero-order valence-corrected chi connectivity index (χ0v) is 20.0. The van der Waals surface area contributed by atoms with Crippen molar-refractivity contribution in [3.8, 4) is 5.75 Å². The predicted molar refractivity (Wildman–Crippen MR) is 126 cm³/mol. The normalized spacial score (nSPS) is 14.3. The van der Waals surface area contributed by atoms with Gasteiger partial charge < -0.3 is 19.9 Å². The Morgan fingerprint density at radius 1 is 1.11 bits per heavy atom. The number of nitrogens with zero attached hydrogens (tertiary/aromatic N) is 4. The molecule has 2 heterocycles. The number of amides is 3. The van der Waals surface area contributed by atoms with E-state index in [-0.39, 0.29) is 18.1 Å². The van der Waals surface area contributed by atoms with Crippen LogP contribution in [0.3, 0.4) is 0 Å². The first-order chi connectivity index (χ1) is 17.1. The molecule has 12 heteroatoms. The van der Waals surface area contributed by atoms with Crippen LogP contribution in [0.15, 0.2) is 42.6 Å². The molecule has 36 heavy (non-hydrogen) atoms. The Bertz CT molecular complexity index is 1070. The van der Waals surface area contributed by atoms with E-state index < -0.39 is 24.4 Å². The molecule has 0 atom stereocenters. The molecule has 1 aromatic heterocycles. The van der Waals surface area contributed by atoms with Crippen LogP contribution in [0.5, 0.6) is 5.75 Å². The number of methoxy groups -OCH3 is 1. The number of alkyl halides is 3. The molecule has 3 amide bonds. The number of urea groups is 1. The molecule has 1 aromatic carbocycles. The number of benzene rings is 1. The molecule has 1 aliphatic rings. The summed E-state index contributed by atoms with van der Waals surface area (Å²) in [5.74, 6) is -2.33. The average Bonchev–Trinajstić information content (AvgIpc) is 2.89. The Morgan fingerprint density at radius 2 is 1.83 bits per heavy atom. The Morgan fingerprint density at radius 3 is 2.42 bits per heavy atom. The summed E-state index contributed by atoms with van der Waals surface area (Å²) in [5, 5.41) is 1.54. The predicted octanol–water partition coefficient (Wildman–Crippen LogP) is 2.72. The topological polar surface area (TPSA) is 95.1 Å². The van der Waals surface area contributed by atoms with E-state index in [9.17, 15) is 27.6 Å². The van der Waals surface area contributed by atoms with Gasteiger partial charge >= 0.3 is 18.1 Å². The molecule has 2 aromatic rings. The lowest BCUT2D eigenvalue weighted by atomic mass is 10.1. The molecule has 194 valence electrons. The van der Waals surface area contributed by atoms with Crippen molar-refractivity contribution in [3.63, 3.8) is 0 Å². The number of hydrogen-bond donors (Lipinski definition) is 1. The molecular formula is C24H28F3N5O4. The van der Waals surface area contributed by atoms with E-state index in [1.165, 1.54) is 25.4 Å². The highest BCUT2D eigenvalue weighted by Gasteiger charge is 2.38. The molecule has 0 saturated carbocycles. The molecule has 1 saturated heterocycles. The highest BCUT2D eigenvalue weighted by atomic mass is 19.4. The average molecular weight is 508 g/mol. The number of Topliss-reactive ketones (excluding diaryl/α,β-unsaturated/α-hetero) is 1. The molecule has 0 spiro atoms. The van der Waals surface area contributed by atoms with Crippen LogP contribution >= 0.6 is 0 Å². The number of hydrogen-bond acceptors (Lipinski definition) is 6. The Kier molecular flexibility index (Phi) is 8.86. The number of ether oxygens (including phenoxy) is 1. The molecule has 0 bridgehead atoms. The van der Waals surface area contributed by atoms with Crippen molar-refractivity contribution in [2.75, 3.05) is 51.3 Å². The Balaban J connectivity index is 1.74. The van der Waals surface area contributed by atoms with E-state index in [0.29, 0.717) is 30.2 Å². The van der Waals surface area contributed by atoms with Gasteiger partial charge in [0.15, 0.2) is 5.78 Å². The van der Waals surface area contributed by atoms with Crippen molar-refractivity contribution >= 4 is 23.4 Å². The van der Waals surface area contributed by atoms with Gasteiger partial charge in [0.25, 0.3) is 0 Å². The van der Waals surface area contributed by atoms with E-state index >= 15 is 0 Å². The Hall–Kier alpha value is -3.67. The number of nitrogens with one attached hydrogen (secondary N) is 1. The minimum atomic E-state index is -5.07. The van der Waals surface area contributed by atoms with Crippen LogP contribution in [0.25, 0.3) is 0 Å². The lowest BCUT2D eigenvalue weighted by Crippen LogP contribution is -2.52. The van der Waals surface area contributed by atoms with Crippen LogP contribution in [-0.2, 0) is 11.3 Å². The molecule has 1 aliphatic heterocycles. The fraction of sp³-hybridized carbons (Fsp3) is 0.417. The van der Waals surface area contributed by atoms with Gasteiger partial charge in [-0.05, 0) is 30.8 Å². The maximum Gasteiger partial charge on any atom is 0.471 e. The zero-order valence-electron chi connectivity index (χ0n) is 20.0. The summed E-state index contributed by atoms with van der Waals surface area (Å²) >= 11 is 0. The van der Waals surface area contributed by atoms with Crippen molar-refractivity contribution in [2.24, 2.45) is 0 Å². The van der Waals surface area contributed by atoms with Crippen molar-refractivity contribution in [1.82, 2.24) is 20.1 Å². The van der Waals surface area contributed by atoms with Gasteiger partial charge in [0, 0.05) is 49.7 Å². The number of carbonyl (C=O) groups excluding carboxylic acids is 3. The minimum Gasteiger partial charge on any atom is -0.497 e. The monoisotopic (exact) mass is 507 g/mol. The number of likely N-dealkylation sites (N-methyl/N-ethyl adjacent to an activating group) is 1. The summed E-state index contributed by atoms with van der Waals surface area (Å²) < 4.78 is 42.3. The Labute approximate surface area is 206 Å². The maximum absolute atomic E-state index is 13.5. The van der Waals surface area contributed by atoms with Crippen LogP contribution in [0.4, 0.5) is 23.7 Å². The lowest BCUT2D eigenvalue weighted by Gasteiger charge is -2.37. The standard InChI is InChI=1S/C24H28F3N5O4/c1-3-30-9-11-31(12-10-30)23(35)32(19-5-4-6-20(13-19)36-2)16-18-8-7-17(14-28-18)21(33)15-29-22(34)24(25,26)27/h4-8,13-14H,3,9-12,15-16H2,1-2H3,(H,29,34). The summed E-state index contributed by atoms with van der Waals surface area (Å²) in [4.78, 5) is 46.4. The number of rotatable bonds is 8. The van der Waals surface area contributed by atoms with Gasteiger partial charge in [-0.1, -0.05) is 13.0 Å². The molecule has 0 radical (unpaired) electrons. The van der Waals surface area contributed by atoms with Gasteiger partial charge in [0.1, 0.15) is 5.75 Å². The highest BCUT2D eigenvalue weighted by molar-refractivity contribution is 5.99. The summed E-state index contributed by atoms with van der Waals surface area (Å²) in [5.41, 5.74) is 1.11. The lowest BCUT2D eigenvalue weighted by molar-refractivity contribution is -0.173. The first-order valence-corrected chi connectivity index (χ1v) is 11.4. The number of piperazine rings is 1. The van der Waals surface area contributed by atoms with Gasteiger partial charge in [-0.25, -0.2) is 4.79 Å². The third kappa shape index (κ3) is 6.94. The smallest absolute Gasteiger partial charge is 0.471 e. The summed E-state index contributed by atoms with van der Waals surface area (Å²) in [6.45, 7) is 4.98. The molecule has 3 rings (SSSR count). The van der Waals surface area contributed by atoms with Gasteiger partial charge in [0.05, 0.1) is 25.9 Å². The molecular weight excluding hydrogens is 479 g/mol. The van der Waals surface area contributed by atoms with E-state index in [0.717, 1.165) is 19.6 Å². The number of aromatic nitrogens is 1. The van der Waals surface area contributed by atoms with Crippen LogP contribution in [0.2, 0.25) is 0 Å². The van der Waals surface area contributed by atoms with E-state index in [2.05, 4.69) is 16.8 Å². The number of anilines is 1. The second-order valence-corrected chi connectivity index (χ2v) is 8.13. The van der Waals surface area contributed by atoms with Crippen molar-refractivity contribution < 1.29 is 32.3 Å². The van der Waals surface area contributed by atoms with Crippen LogP contribution < -0.4 is 15.0 Å². The summed E-state index contributed by atoms with van der Waals surface area (Å²) in [6.07, 6.45) is -3.85. The fourth-order valence-electron chi connectivity index (χ4n) is 3.68. The quantitative estimate of drug-likeness (QED) is 0.553. The van der Waals surface area contributed by atoms with Crippen molar-refractivity contribution in [3.05, 3.63) is 53.9 Å². The summed E-state index contributed by atoms with van der Waals surface area (Å²) in [7, 11) is 1.53. The molecule has 1 fully saturated rings. The van der Waals surface area contributed by atoms with Crippen LogP contribution in [-0.4, -0.2) is 85.1 Å². The van der Waals surface area contributed by atoms with Crippen molar-refractivity contribution in [1.29, 1.82) is 0 Å². The van der Waals surface area contributed by atoms with Gasteiger partial charge in [-0.15, -0.1) is 0 Å². The molecule has 1 N–H and O–H groups in total. The van der Waals surface area contributed by atoms with Crippen molar-refractivity contribution in [2.45, 2.75) is 19.6 Å². The first kappa shape index (κ1) is 26.9. The van der Waals surface area contributed by atoms with Gasteiger partial charge in [-0.3, -0.25) is 19.5 Å². The SMILES string of the molecule is CCN1CCN(C(=O)N(Cc2ccc(C(=O)CNC(=O)C(F)(F)F)cn2)c2cccc(OC)c2)CC1. The maximum atomic E-state index is 13.5. The number of pyridine rings is 1. The molecule has 9 nitrogen and oxygen atoms in total. The van der Waals surface area contributed by atoms with Gasteiger partial charge in [-0.2, -0.15) is 13.2 Å². The second kappa shape index (κ2) is 11.8. The fourth-order valence-corrected chi connectivity index (χ4v) is 3.68. The summed E-state index contributed by atoms with van der Waals surface area (Å²) in [6, 6.07) is 9.78. The van der Waals surface area contributed by atoms with E-state index in [4.69, 9.17) is 4.74 Å². The van der Waals surface area contributed by atoms with E-state index in [1.54, 1.807) is 39.4 Å². The molecule has 0 aliphatic carbocycles. The highest BCUT2D eigenvalue weighted by Crippen LogP contribution is 2.24. The van der Waals surface area contributed by atoms with Crippen LogP contribution in [0, 0.1) is 0 Å². The number of halogens is 3. The minimum absolute atomic E-state index is 0.0381. The van der Waals surface area contributed by atoms with Crippen LogP contribution in [0.1, 0.15) is 23.0 Å². The first-order valence-electron chi connectivity index (χ1n) is 11.4.